The maximum atomic E-state index is 6.36. The van der Waals surface area contributed by atoms with Gasteiger partial charge in [0.05, 0.1) is 5.60 Å². The number of rotatable bonds is 22. The zero-order chi connectivity index (χ0) is 20.1. The largest absolute Gasteiger partial charge is 0.422 e. The first-order valence-corrected chi connectivity index (χ1v) is 13.6. The molecule has 0 aliphatic carbocycles. The standard InChI is InChI=1S/C25H54OSi/c1-4-7-10-13-16-19-22-25(26-27,23-20-17-14-11-8-5-2)24-21-18-15-12-9-6-3/h4-24H2,1-3,27H3. The van der Waals surface area contributed by atoms with E-state index < -0.39 is 0 Å². The molecule has 0 heterocycles. The molecule has 1 nitrogen and oxygen atoms in total. The van der Waals surface area contributed by atoms with Crippen molar-refractivity contribution in [3.63, 3.8) is 0 Å². The Morgan fingerprint density at radius 1 is 0.444 bits per heavy atom. The van der Waals surface area contributed by atoms with Gasteiger partial charge in [0.15, 0.2) is 0 Å². The first kappa shape index (κ1) is 27.2. The summed E-state index contributed by atoms with van der Waals surface area (Å²) >= 11 is 0. The predicted molar refractivity (Wildman–Crippen MR) is 128 cm³/mol. The first-order valence-electron chi connectivity index (χ1n) is 12.8. The minimum atomic E-state index is 0.243. The van der Waals surface area contributed by atoms with Crippen molar-refractivity contribution in [1.29, 1.82) is 0 Å². The van der Waals surface area contributed by atoms with Crippen molar-refractivity contribution in [3.05, 3.63) is 0 Å². The van der Waals surface area contributed by atoms with Crippen LogP contribution in [0.5, 0.6) is 0 Å². The average Bonchev–Trinajstić information content (AvgIpc) is 2.69. The topological polar surface area (TPSA) is 9.23 Å². The molecule has 0 spiro atoms. The van der Waals surface area contributed by atoms with Crippen LogP contribution in [0.15, 0.2) is 0 Å². The summed E-state index contributed by atoms with van der Waals surface area (Å²) in [5.74, 6) is 0. The molecule has 0 N–H and O–H groups in total. The Balaban J connectivity index is 4.23. The van der Waals surface area contributed by atoms with E-state index in [0.717, 1.165) is 10.5 Å². The van der Waals surface area contributed by atoms with E-state index in [2.05, 4.69) is 20.8 Å². The fourth-order valence-corrected chi connectivity index (χ4v) is 4.98. The second kappa shape index (κ2) is 20.9. The van der Waals surface area contributed by atoms with Gasteiger partial charge in [-0.05, 0) is 19.3 Å². The third-order valence-electron chi connectivity index (χ3n) is 6.39. The van der Waals surface area contributed by atoms with Crippen molar-refractivity contribution < 1.29 is 4.43 Å². The van der Waals surface area contributed by atoms with E-state index in [1.54, 1.807) is 0 Å². The minimum absolute atomic E-state index is 0.243. The van der Waals surface area contributed by atoms with Crippen LogP contribution in [-0.4, -0.2) is 16.1 Å². The molecule has 0 aromatic heterocycles. The van der Waals surface area contributed by atoms with Gasteiger partial charge < -0.3 is 4.43 Å². The van der Waals surface area contributed by atoms with Gasteiger partial charge in [-0.3, -0.25) is 0 Å². The SMILES string of the molecule is CCCCCCCCC(CCCCCCCC)(CCCCCCCC)O[SiH3]. The lowest BCUT2D eigenvalue weighted by molar-refractivity contribution is 0.0423. The van der Waals surface area contributed by atoms with E-state index in [9.17, 15) is 0 Å². The van der Waals surface area contributed by atoms with Crippen LogP contribution in [0.2, 0.25) is 0 Å². The van der Waals surface area contributed by atoms with Gasteiger partial charge in [0.1, 0.15) is 10.5 Å². The van der Waals surface area contributed by atoms with Crippen molar-refractivity contribution in [2.24, 2.45) is 0 Å². The van der Waals surface area contributed by atoms with Crippen LogP contribution >= 0.6 is 0 Å². The minimum Gasteiger partial charge on any atom is -0.422 e. The Kier molecular flexibility index (Phi) is 21.0. The smallest absolute Gasteiger partial charge is 0.146 e. The molecule has 0 unspecified atom stereocenters. The Morgan fingerprint density at radius 2 is 0.704 bits per heavy atom. The second-order valence-corrected chi connectivity index (χ2v) is 9.35. The van der Waals surface area contributed by atoms with E-state index in [0.29, 0.717) is 0 Å². The fraction of sp³-hybridized carbons (Fsp3) is 1.00. The van der Waals surface area contributed by atoms with Crippen LogP contribution in [-0.2, 0) is 4.43 Å². The lowest BCUT2D eigenvalue weighted by Crippen LogP contribution is -2.32. The predicted octanol–water partition coefficient (Wildman–Crippen LogP) is 8.27. The van der Waals surface area contributed by atoms with Gasteiger partial charge in [-0.1, -0.05) is 136 Å². The Labute approximate surface area is 176 Å². The van der Waals surface area contributed by atoms with E-state index in [1.807, 2.05) is 0 Å². The Hall–Kier alpha value is 0.177. The summed E-state index contributed by atoms with van der Waals surface area (Å²) in [4.78, 5) is 0. The van der Waals surface area contributed by atoms with Gasteiger partial charge >= 0.3 is 0 Å². The van der Waals surface area contributed by atoms with Crippen LogP contribution in [0.25, 0.3) is 0 Å². The van der Waals surface area contributed by atoms with Crippen molar-refractivity contribution in [2.45, 2.75) is 161 Å². The van der Waals surface area contributed by atoms with Crippen molar-refractivity contribution in [3.8, 4) is 0 Å². The van der Waals surface area contributed by atoms with Crippen LogP contribution < -0.4 is 0 Å². The normalized spacial score (nSPS) is 12.1. The van der Waals surface area contributed by atoms with Crippen LogP contribution in [0.4, 0.5) is 0 Å². The zero-order valence-corrected chi connectivity index (χ0v) is 21.8. The van der Waals surface area contributed by atoms with Gasteiger partial charge in [0.2, 0.25) is 0 Å². The Morgan fingerprint density at radius 3 is 0.963 bits per heavy atom. The summed E-state index contributed by atoms with van der Waals surface area (Å²) in [5, 5.41) is 0. The molecule has 0 atom stereocenters. The molecule has 0 saturated heterocycles. The maximum Gasteiger partial charge on any atom is 0.146 e. The van der Waals surface area contributed by atoms with E-state index in [-0.39, 0.29) is 5.60 Å². The number of unbranched alkanes of at least 4 members (excludes halogenated alkanes) is 15. The van der Waals surface area contributed by atoms with Crippen molar-refractivity contribution in [1.82, 2.24) is 0 Å². The molecule has 0 aromatic rings. The maximum absolute atomic E-state index is 6.36. The molecular formula is C25H54OSi. The van der Waals surface area contributed by atoms with E-state index in [4.69, 9.17) is 4.43 Å². The molecule has 0 amide bonds. The molecule has 0 aliphatic heterocycles. The fourth-order valence-electron chi connectivity index (χ4n) is 4.36. The van der Waals surface area contributed by atoms with Gasteiger partial charge in [-0.2, -0.15) is 0 Å². The summed E-state index contributed by atoms with van der Waals surface area (Å²) in [7, 11) is 0.907. The van der Waals surface area contributed by atoms with Gasteiger partial charge in [-0.15, -0.1) is 0 Å². The highest BCUT2D eigenvalue weighted by atomic mass is 28.2. The summed E-state index contributed by atoms with van der Waals surface area (Å²) in [6.45, 7) is 6.92. The molecular weight excluding hydrogens is 344 g/mol. The van der Waals surface area contributed by atoms with Gasteiger partial charge in [0, 0.05) is 0 Å². The van der Waals surface area contributed by atoms with Crippen molar-refractivity contribution >= 4 is 10.5 Å². The van der Waals surface area contributed by atoms with Crippen LogP contribution in [0.1, 0.15) is 156 Å². The summed E-state index contributed by atoms with van der Waals surface area (Å²) in [6, 6.07) is 0. The highest BCUT2D eigenvalue weighted by molar-refractivity contribution is 5.98. The first-order chi connectivity index (χ1) is 13.2. The van der Waals surface area contributed by atoms with Gasteiger partial charge in [-0.25, -0.2) is 0 Å². The molecule has 0 bridgehead atoms. The Bertz CT molecular complexity index is 239. The second-order valence-electron chi connectivity index (χ2n) is 8.94. The van der Waals surface area contributed by atoms with E-state index >= 15 is 0 Å². The summed E-state index contributed by atoms with van der Waals surface area (Å²) < 4.78 is 6.36. The lowest BCUT2D eigenvalue weighted by atomic mass is 9.85. The van der Waals surface area contributed by atoms with Crippen molar-refractivity contribution in [2.75, 3.05) is 0 Å². The molecule has 0 rings (SSSR count). The van der Waals surface area contributed by atoms with E-state index in [1.165, 1.54) is 135 Å². The summed E-state index contributed by atoms with van der Waals surface area (Å²) in [6.07, 6.45) is 29.3. The third-order valence-corrected chi connectivity index (χ3v) is 7.26. The zero-order valence-electron chi connectivity index (χ0n) is 19.8. The number of hydrogen-bond donors (Lipinski definition) is 0. The molecule has 0 saturated carbocycles. The quantitative estimate of drug-likeness (QED) is 0.132. The molecule has 27 heavy (non-hydrogen) atoms. The summed E-state index contributed by atoms with van der Waals surface area (Å²) in [5.41, 5.74) is 0.243. The lowest BCUT2D eigenvalue weighted by Gasteiger charge is -2.34. The molecule has 2 heteroatoms. The molecule has 0 aliphatic rings. The average molecular weight is 399 g/mol. The van der Waals surface area contributed by atoms with Gasteiger partial charge in [0.25, 0.3) is 0 Å². The molecule has 0 fully saturated rings. The number of hydrogen-bond acceptors (Lipinski definition) is 1. The highest BCUT2D eigenvalue weighted by Crippen LogP contribution is 2.32. The van der Waals surface area contributed by atoms with Crippen LogP contribution in [0.3, 0.4) is 0 Å². The monoisotopic (exact) mass is 398 g/mol. The van der Waals surface area contributed by atoms with Crippen LogP contribution in [0, 0.1) is 0 Å². The highest BCUT2D eigenvalue weighted by Gasteiger charge is 2.27. The molecule has 0 radical (unpaired) electrons. The third kappa shape index (κ3) is 16.8. The molecule has 164 valence electrons. The molecule has 0 aromatic carbocycles.